The molecule has 11 heavy (non-hydrogen) atoms. The Hall–Kier alpha value is -0.370. The van der Waals surface area contributed by atoms with E-state index in [1.165, 1.54) is 0 Å². The summed E-state index contributed by atoms with van der Waals surface area (Å²) in [6.07, 6.45) is 0.509. The Labute approximate surface area is 73.6 Å². The molecule has 1 unspecified atom stereocenters. The van der Waals surface area contributed by atoms with Crippen LogP contribution < -0.4 is 0 Å². The normalized spacial score (nSPS) is 21.8. The standard InChI is InChI=1S/C9H8BrF/c10-9-3-1-2-6-4-7(11)5-8(6)9/h1-3,7H,4-5H2. The number of alkyl halides is 1. The number of halogens is 2. The van der Waals surface area contributed by atoms with Crippen LogP contribution in [0.4, 0.5) is 4.39 Å². The van der Waals surface area contributed by atoms with Crippen molar-refractivity contribution in [3.63, 3.8) is 0 Å². The van der Waals surface area contributed by atoms with Crippen LogP contribution in [0.1, 0.15) is 11.1 Å². The highest BCUT2D eigenvalue weighted by Gasteiger charge is 2.21. The molecule has 0 heterocycles. The monoisotopic (exact) mass is 214 g/mol. The van der Waals surface area contributed by atoms with Crippen LogP contribution in [-0.4, -0.2) is 6.17 Å². The van der Waals surface area contributed by atoms with Gasteiger partial charge in [-0.1, -0.05) is 28.1 Å². The van der Waals surface area contributed by atoms with Gasteiger partial charge in [0.05, 0.1) is 0 Å². The largest absolute Gasteiger partial charge is 0.247 e. The lowest BCUT2D eigenvalue weighted by Gasteiger charge is -1.98. The van der Waals surface area contributed by atoms with E-state index in [0.29, 0.717) is 12.8 Å². The molecule has 1 aromatic carbocycles. The van der Waals surface area contributed by atoms with Gasteiger partial charge in [0, 0.05) is 17.3 Å². The molecule has 0 radical (unpaired) electrons. The molecule has 1 atom stereocenters. The van der Waals surface area contributed by atoms with Crippen molar-refractivity contribution >= 4 is 15.9 Å². The van der Waals surface area contributed by atoms with Crippen molar-refractivity contribution in [1.29, 1.82) is 0 Å². The lowest BCUT2D eigenvalue weighted by atomic mass is 10.1. The quantitative estimate of drug-likeness (QED) is 0.624. The molecule has 2 heteroatoms. The summed E-state index contributed by atoms with van der Waals surface area (Å²) < 4.78 is 13.9. The van der Waals surface area contributed by atoms with Gasteiger partial charge in [-0.3, -0.25) is 0 Å². The summed E-state index contributed by atoms with van der Waals surface area (Å²) in [5.74, 6) is 0. The molecule has 0 saturated carbocycles. The molecule has 0 nitrogen and oxygen atoms in total. The van der Waals surface area contributed by atoms with E-state index in [2.05, 4.69) is 15.9 Å². The molecule has 1 aliphatic rings. The summed E-state index contributed by atoms with van der Waals surface area (Å²) in [6, 6.07) is 5.93. The fourth-order valence-electron chi connectivity index (χ4n) is 1.56. The number of hydrogen-bond acceptors (Lipinski definition) is 0. The van der Waals surface area contributed by atoms with E-state index in [-0.39, 0.29) is 0 Å². The highest BCUT2D eigenvalue weighted by atomic mass is 79.9. The van der Waals surface area contributed by atoms with Crippen molar-refractivity contribution in [2.24, 2.45) is 0 Å². The molecule has 1 aliphatic carbocycles. The molecule has 0 aliphatic heterocycles. The van der Waals surface area contributed by atoms with Gasteiger partial charge < -0.3 is 0 Å². The Morgan fingerprint density at radius 2 is 2.18 bits per heavy atom. The summed E-state index contributed by atoms with van der Waals surface area (Å²) in [4.78, 5) is 0. The minimum absolute atomic E-state index is 0.580. The third-order valence-corrected chi connectivity index (χ3v) is 2.83. The number of hydrogen-bond donors (Lipinski definition) is 0. The van der Waals surface area contributed by atoms with Gasteiger partial charge in [0.25, 0.3) is 0 Å². The molecular formula is C9H8BrF. The molecule has 58 valence electrons. The summed E-state index contributed by atoms with van der Waals surface area (Å²) in [5.41, 5.74) is 2.31. The zero-order valence-electron chi connectivity index (χ0n) is 5.98. The van der Waals surface area contributed by atoms with E-state index in [1.807, 2.05) is 18.2 Å². The van der Waals surface area contributed by atoms with Gasteiger partial charge in [-0.25, -0.2) is 4.39 Å². The van der Waals surface area contributed by atoms with Gasteiger partial charge in [-0.2, -0.15) is 0 Å². The molecule has 0 amide bonds. The molecular weight excluding hydrogens is 207 g/mol. The SMILES string of the molecule is FC1Cc2cccc(Br)c2C1. The fraction of sp³-hybridized carbons (Fsp3) is 0.333. The second-order valence-electron chi connectivity index (χ2n) is 2.88. The van der Waals surface area contributed by atoms with Crippen molar-refractivity contribution in [2.75, 3.05) is 0 Å². The van der Waals surface area contributed by atoms with Crippen LogP contribution in [0, 0.1) is 0 Å². The molecule has 2 rings (SSSR count). The van der Waals surface area contributed by atoms with Gasteiger partial charge in [0.2, 0.25) is 0 Å². The molecule has 0 N–H and O–H groups in total. The Balaban J connectivity index is 2.49. The average Bonchev–Trinajstić information content (AvgIpc) is 2.31. The summed E-state index contributed by atoms with van der Waals surface area (Å²) in [5, 5.41) is 0. The fourth-order valence-corrected chi connectivity index (χ4v) is 2.12. The van der Waals surface area contributed by atoms with Crippen LogP contribution in [0.3, 0.4) is 0 Å². The molecule has 0 bridgehead atoms. The molecule has 1 aromatic rings. The van der Waals surface area contributed by atoms with Gasteiger partial charge in [0.15, 0.2) is 0 Å². The Morgan fingerprint density at radius 1 is 1.36 bits per heavy atom. The minimum atomic E-state index is -0.663. The Kier molecular flexibility index (Phi) is 1.72. The molecule has 0 saturated heterocycles. The van der Waals surface area contributed by atoms with E-state index < -0.39 is 6.17 Å². The van der Waals surface area contributed by atoms with E-state index in [0.717, 1.165) is 15.6 Å². The summed E-state index contributed by atoms with van der Waals surface area (Å²) in [6.45, 7) is 0. The van der Waals surface area contributed by atoms with Crippen LogP contribution in [0.25, 0.3) is 0 Å². The Morgan fingerprint density at radius 3 is 2.91 bits per heavy atom. The number of fused-ring (bicyclic) bond motifs is 1. The first-order valence-electron chi connectivity index (χ1n) is 3.67. The smallest absolute Gasteiger partial charge is 0.108 e. The molecule has 0 fully saturated rings. The van der Waals surface area contributed by atoms with Crippen molar-refractivity contribution in [1.82, 2.24) is 0 Å². The van der Waals surface area contributed by atoms with Gasteiger partial charge in [-0.05, 0) is 17.2 Å². The zero-order chi connectivity index (χ0) is 7.84. The number of benzene rings is 1. The van der Waals surface area contributed by atoms with Gasteiger partial charge in [0.1, 0.15) is 6.17 Å². The topological polar surface area (TPSA) is 0 Å². The first-order valence-corrected chi connectivity index (χ1v) is 4.47. The van der Waals surface area contributed by atoms with Gasteiger partial charge in [-0.15, -0.1) is 0 Å². The van der Waals surface area contributed by atoms with Gasteiger partial charge >= 0.3 is 0 Å². The zero-order valence-corrected chi connectivity index (χ0v) is 7.57. The molecule has 0 spiro atoms. The van der Waals surface area contributed by atoms with E-state index in [9.17, 15) is 4.39 Å². The summed E-state index contributed by atoms with van der Waals surface area (Å²) in [7, 11) is 0. The average molecular weight is 215 g/mol. The number of rotatable bonds is 0. The lowest BCUT2D eigenvalue weighted by molar-refractivity contribution is 0.349. The van der Waals surface area contributed by atoms with Crippen LogP contribution in [0.2, 0.25) is 0 Å². The van der Waals surface area contributed by atoms with Crippen molar-refractivity contribution in [3.8, 4) is 0 Å². The maximum absolute atomic E-state index is 12.9. The maximum Gasteiger partial charge on any atom is 0.108 e. The lowest BCUT2D eigenvalue weighted by Crippen LogP contribution is -1.95. The molecule has 0 aromatic heterocycles. The van der Waals surface area contributed by atoms with E-state index >= 15 is 0 Å². The summed E-state index contributed by atoms with van der Waals surface area (Å²) >= 11 is 3.41. The predicted octanol–water partition coefficient (Wildman–Crippen LogP) is 2.89. The second-order valence-corrected chi connectivity index (χ2v) is 3.74. The third kappa shape index (κ3) is 1.20. The third-order valence-electron chi connectivity index (χ3n) is 2.08. The van der Waals surface area contributed by atoms with Crippen LogP contribution in [0.5, 0.6) is 0 Å². The predicted molar refractivity (Wildman–Crippen MR) is 46.4 cm³/mol. The highest BCUT2D eigenvalue weighted by Crippen LogP contribution is 2.30. The van der Waals surface area contributed by atoms with Crippen LogP contribution in [-0.2, 0) is 12.8 Å². The van der Waals surface area contributed by atoms with Crippen molar-refractivity contribution in [2.45, 2.75) is 19.0 Å². The maximum atomic E-state index is 12.9. The van der Waals surface area contributed by atoms with E-state index in [1.54, 1.807) is 0 Å². The van der Waals surface area contributed by atoms with Crippen molar-refractivity contribution in [3.05, 3.63) is 33.8 Å². The first kappa shape index (κ1) is 7.29. The Bertz CT molecular complexity index is 283. The minimum Gasteiger partial charge on any atom is -0.247 e. The van der Waals surface area contributed by atoms with Crippen molar-refractivity contribution < 1.29 is 4.39 Å². The van der Waals surface area contributed by atoms with Crippen LogP contribution >= 0.6 is 15.9 Å². The van der Waals surface area contributed by atoms with E-state index in [4.69, 9.17) is 0 Å². The second kappa shape index (κ2) is 2.59. The first-order chi connectivity index (χ1) is 5.27. The van der Waals surface area contributed by atoms with Crippen LogP contribution in [0.15, 0.2) is 22.7 Å². The highest BCUT2D eigenvalue weighted by molar-refractivity contribution is 9.10.